The molecule has 86 valence electrons. The van der Waals surface area contributed by atoms with Crippen LogP contribution in [0.4, 0.5) is 0 Å². The standard InChI is InChI=1S/C13H17NO2/c1-14(2)13(8-9-13)11-6-4-10(5-7-11)12(15)16-3/h4-7H,8-9H2,1-3H3. The Kier molecular flexibility index (Phi) is 2.72. The molecule has 0 radical (unpaired) electrons. The van der Waals surface area contributed by atoms with Gasteiger partial charge in [-0.2, -0.15) is 0 Å². The smallest absolute Gasteiger partial charge is 0.337 e. The number of methoxy groups -OCH3 is 1. The van der Waals surface area contributed by atoms with E-state index in [1.165, 1.54) is 25.5 Å². The molecule has 0 heterocycles. The fourth-order valence-electron chi connectivity index (χ4n) is 2.15. The third-order valence-corrected chi connectivity index (χ3v) is 3.42. The molecule has 0 atom stereocenters. The minimum atomic E-state index is -0.277. The van der Waals surface area contributed by atoms with Gasteiger partial charge in [-0.3, -0.25) is 4.90 Å². The van der Waals surface area contributed by atoms with E-state index in [-0.39, 0.29) is 11.5 Å². The number of benzene rings is 1. The van der Waals surface area contributed by atoms with Crippen molar-refractivity contribution in [2.45, 2.75) is 18.4 Å². The van der Waals surface area contributed by atoms with Gasteiger partial charge in [0.05, 0.1) is 12.7 Å². The minimum Gasteiger partial charge on any atom is -0.465 e. The summed E-state index contributed by atoms with van der Waals surface area (Å²) in [5.74, 6) is -0.277. The summed E-state index contributed by atoms with van der Waals surface area (Å²) in [4.78, 5) is 13.5. The summed E-state index contributed by atoms with van der Waals surface area (Å²) in [5.41, 5.74) is 2.10. The third kappa shape index (κ3) is 1.71. The lowest BCUT2D eigenvalue weighted by molar-refractivity contribution is 0.0600. The molecule has 3 nitrogen and oxygen atoms in total. The van der Waals surface area contributed by atoms with Crippen molar-refractivity contribution in [2.24, 2.45) is 0 Å². The number of rotatable bonds is 3. The predicted molar refractivity (Wildman–Crippen MR) is 62.4 cm³/mol. The monoisotopic (exact) mass is 219 g/mol. The molecule has 1 aromatic rings. The van der Waals surface area contributed by atoms with E-state index in [2.05, 4.69) is 23.7 Å². The second-order valence-corrected chi connectivity index (χ2v) is 4.49. The molecule has 0 aromatic heterocycles. The van der Waals surface area contributed by atoms with Crippen LogP contribution in [0.2, 0.25) is 0 Å². The fraction of sp³-hybridized carbons (Fsp3) is 0.462. The molecular weight excluding hydrogens is 202 g/mol. The first-order chi connectivity index (χ1) is 7.60. The largest absolute Gasteiger partial charge is 0.465 e. The van der Waals surface area contributed by atoms with Gasteiger partial charge in [0.2, 0.25) is 0 Å². The number of carbonyl (C=O) groups excluding carboxylic acids is 1. The van der Waals surface area contributed by atoms with Crippen LogP contribution >= 0.6 is 0 Å². The van der Waals surface area contributed by atoms with Gasteiger partial charge in [0.15, 0.2) is 0 Å². The van der Waals surface area contributed by atoms with Gasteiger partial charge in [-0.05, 0) is 44.6 Å². The molecule has 3 heteroatoms. The van der Waals surface area contributed by atoms with Crippen LogP contribution in [0.1, 0.15) is 28.8 Å². The molecule has 0 spiro atoms. The average molecular weight is 219 g/mol. The molecule has 16 heavy (non-hydrogen) atoms. The van der Waals surface area contributed by atoms with Crippen molar-refractivity contribution in [1.82, 2.24) is 4.90 Å². The molecule has 0 unspecified atom stereocenters. The molecule has 1 saturated carbocycles. The van der Waals surface area contributed by atoms with Crippen molar-refractivity contribution in [2.75, 3.05) is 21.2 Å². The van der Waals surface area contributed by atoms with Crippen molar-refractivity contribution in [3.8, 4) is 0 Å². The molecular formula is C13H17NO2. The summed E-state index contributed by atoms with van der Waals surface area (Å²) in [5, 5.41) is 0. The Balaban J connectivity index is 2.23. The third-order valence-electron chi connectivity index (χ3n) is 3.42. The molecule has 0 aliphatic heterocycles. The van der Waals surface area contributed by atoms with Gasteiger partial charge in [0.25, 0.3) is 0 Å². The maximum absolute atomic E-state index is 11.3. The first-order valence-corrected chi connectivity index (χ1v) is 5.46. The summed E-state index contributed by atoms with van der Waals surface area (Å²) in [7, 11) is 5.60. The summed E-state index contributed by atoms with van der Waals surface area (Å²) >= 11 is 0. The maximum Gasteiger partial charge on any atom is 0.337 e. The first-order valence-electron chi connectivity index (χ1n) is 5.46. The van der Waals surface area contributed by atoms with E-state index >= 15 is 0 Å². The molecule has 0 N–H and O–H groups in total. The lowest BCUT2D eigenvalue weighted by atomic mass is 10.0. The highest BCUT2D eigenvalue weighted by Crippen LogP contribution is 2.49. The van der Waals surface area contributed by atoms with Crippen LogP contribution in [0.5, 0.6) is 0 Å². The topological polar surface area (TPSA) is 29.5 Å². The molecule has 0 saturated heterocycles. The Bertz CT molecular complexity index is 391. The second kappa shape index (κ2) is 3.91. The highest BCUT2D eigenvalue weighted by molar-refractivity contribution is 5.89. The van der Waals surface area contributed by atoms with Crippen molar-refractivity contribution >= 4 is 5.97 Å². The molecule has 1 aromatic carbocycles. The van der Waals surface area contributed by atoms with Crippen LogP contribution in [0.15, 0.2) is 24.3 Å². The molecule has 0 amide bonds. The van der Waals surface area contributed by atoms with Crippen LogP contribution in [0, 0.1) is 0 Å². The Hall–Kier alpha value is -1.35. The lowest BCUT2D eigenvalue weighted by Crippen LogP contribution is -2.27. The first kappa shape index (κ1) is 11.1. The van der Waals surface area contributed by atoms with Gasteiger partial charge in [0, 0.05) is 5.54 Å². The van der Waals surface area contributed by atoms with E-state index in [0.29, 0.717) is 5.56 Å². The number of esters is 1. The normalized spacial score (nSPS) is 17.2. The number of hydrogen-bond donors (Lipinski definition) is 0. The molecule has 0 bridgehead atoms. The SMILES string of the molecule is COC(=O)c1ccc(C2(N(C)C)CC2)cc1. The van der Waals surface area contributed by atoms with Crippen LogP contribution < -0.4 is 0 Å². The van der Waals surface area contributed by atoms with Crippen LogP contribution in [0.25, 0.3) is 0 Å². The predicted octanol–water partition coefficient (Wildman–Crippen LogP) is 2.02. The Morgan fingerprint density at radius 3 is 2.19 bits per heavy atom. The summed E-state index contributed by atoms with van der Waals surface area (Å²) in [6.45, 7) is 0. The average Bonchev–Trinajstić information content (AvgIpc) is 3.09. The van der Waals surface area contributed by atoms with Crippen LogP contribution in [-0.2, 0) is 10.3 Å². The van der Waals surface area contributed by atoms with E-state index in [1.807, 2.05) is 24.3 Å². The van der Waals surface area contributed by atoms with E-state index in [9.17, 15) is 4.79 Å². The van der Waals surface area contributed by atoms with Crippen molar-refractivity contribution in [3.63, 3.8) is 0 Å². The fourth-order valence-corrected chi connectivity index (χ4v) is 2.15. The zero-order valence-electron chi connectivity index (χ0n) is 9.99. The maximum atomic E-state index is 11.3. The van der Waals surface area contributed by atoms with Gasteiger partial charge in [-0.25, -0.2) is 4.79 Å². The highest BCUT2D eigenvalue weighted by atomic mass is 16.5. The van der Waals surface area contributed by atoms with E-state index < -0.39 is 0 Å². The van der Waals surface area contributed by atoms with Gasteiger partial charge >= 0.3 is 5.97 Å². The molecule has 1 aliphatic rings. The Labute approximate surface area is 96.0 Å². The zero-order chi connectivity index (χ0) is 11.8. The van der Waals surface area contributed by atoms with Crippen molar-refractivity contribution in [3.05, 3.63) is 35.4 Å². The Morgan fingerprint density at radius 1 is 1.25 bits per heavy atom. The van der Waals surface area contributed by atoms with Crippen molar-refractivity contribution < 1.29 is 9.53 Å². The molecule has 1 fully saturated rings. The van der Waals surface area contributed by atoms with E-state index in [0.717, 1.165) is 0 Å². The number of nitrogens with zero attached hydrogens (tertiary/aromatic N) is 1. The Morgan fingerprint density at radius 2 is 1.81 bits per heavy atom. The molecule has 1 aliphatic carbocycles. The summed E-state index contributed by atoms with van der Waals surface area (Å²) in [6.07, 6.45) is 2.38. The minimum absolute atomic E-state index is 0.203. The van der Waals surface area contributed by atoms with Crippen LogP contribution in [0.3, 0.4) is 0 Å². The van der Waals surface area contributed by atoms with Crippen LogP contribution in [-0.4, -0.2) is 32.1 Å². The lowest BCUT2D eigenvalue weighted by Gasteiger charge is -2.24. The quantitative estimate of drug-likeness (QED) is 0.728. The summed E-state index contributed by atoms with van der Waals surface area (Å²) in [6, 6.07) is 7.73. The van der Waals surface area contributed by atoms with Gasteiger partial charge < -0.3 is 4.74 Å². The summed E-state index contributed by atoms with van der Waals surface area (Å²) < 4.78 is 4.68. The van der Waals surface area contributed by atoms with E-state index in [4.69, 9.17) is 0 Å². The molecule has 2 rings (SSSR count). The van der Waals surface area contributed by atoms with Gasteiger partial charge in [-0.15, -0.1) is 0 Å². The van der Waals surface area contributed by atoms with Gasteiger partial charge in [0.1, 0.15) is 0 Å². The van der Waals surface area contributed by atoms with Gasteiger partial charge in [-0.1, -0.05) is 12.1 Å². The zero-order valence-corrected chi connectivity index (χ0v) is 9.99. The van der Waals surface area contributed by atoms with Crippen molar-refractivity contribution in [1.29, 1.82) is 0 Å². The van der Waals surface area contributed by atoms with E-state index in [1.54, 1.807) is 0 Å². The number of hydrogen-bond acceptors (Lipinski definition) is 3. The highest BCUT2D eigenvalue weighted by Gasteiger charge is 2.46. The second-order valence-electron chi connectivity index (χ2n) is 4.49. The number of carbonyl (C=O) groups is 1. The number of ether oxygens (including phenoxy) is 1.